The van der Waals surface area contributed by atoms with Gasteiger partial charge >= 0.3 is 6.18 Å². The summed E-state index contributed by atoms with van der Waals surface area (Å²) in [7, 11) is 0. The molecule has 220 valence electrons. The van der Waals surface area contributed by atoms with Gasteiger partial charge in [0.2, 0.25) is 0 Å². The molecule has 1 aromatic carbocycles. The maximum Gasteiger partial charge on any atom is 0.393 e. The van der Waals surface area contributed by atoms with Crippen molar-refractivity contribution < 1.29 is 23.0 Å². The number of ether oxygens (including phenoxy) is 1. The van der Waals surface area contributed by atoms with E-state index in [-0.39, 0.29) is 22.8 Å². The molecule has 4 aromatic rings. The molecule has 0 amide bonds. The second-order valence-electron chi connectivity index (χ2n) is 10.8. The molecular formula is C29H30F3N7O2S. The third-order valence-electron chi connectivity index (χ3n) is 7.75. The largest absolute Gasteiger partial charge is 0.508 e. The summed E-state index contributed by atoms with van der Waals surface area (Å²) in [6.45, 7) is 7.49. The number of thiophene rings is 1. The van der Waals surface area contributed by atoms with Gasteiger partial charge in [-0.25, -0.2) is 9.97 Å². The number of aromatic nitrogens is 3. The van der Waals surface area contributed by atoms with Gasteiger partial charge in [0.15, 0.2) is 0 Å². The number of benzene rings is 1. The number of rotatable bonds is 7. The molecule has 42 heavy (non-hydrogen) atoms. The fraction of sp³-hybridized carbons (Fsp3) is 0.414. The zero-order valence-electron chi connectivity index (χ0n) is 22.7. The van der Waals surface area contributed by atoms with Crippen LogP contribution in [0.25, 0.3) is 21.1 Å². The lowest BCUT2D eigenvalue weighted by atomic mass is 10.0. The number of nitrogens with one attached hydrogen (secondary N) is 2. The Labute approximate surface area is 244 Å². The zero-order chi connectivity index (χ0) is 29.4. The van der Waals surface area contributed by atoms with E-state index < -0.39 is 12.6 Å². The van der Waals surface area contributed by atoms with E-state index in [1.165, 1.54) is 12.4 Å². The maximum absolute atomic E-state index is 12.9. The second-order valence-corrected chi connectivity index (χ2v) is 12.0. The van der Waals surface area contributed by atoms with Gasteiger partial charge in [-0.05, 0) is 31.0 Å². The van der Waals surface area contributed by atoms with Gasteiger partial charge in [-0.2, -0.15) is 18.4 Å². The van der Waals surface area contributed by atoms with E-state index in [1.807, 2.05) is 16.7 Å². The van der Waals surface area contributed by atoms with Crippen LogP contribution < -0.4 is 10.6 Å². The zero-order valence-corrected chi connectivity index (χ0v) is 23.6. The molecule has 0 aliphatic carbocycles. The third kappa shape index (κ3) is 6.16. The van der Waals surface area contributed by atoms with Gasteiger partial charge in [-0.15, -0.1) is 11.3 Å². The molecule has 6 rings (SSSR count). The van der Waals surface area contributed by atoms with Crippen LogP contribution in [0.4, 0.5) is 19.0 Å². The maximum atomic E-state index is 12.9. The number of hydrogen-bond donors (Lipinski definition) is 3. The highest BCUT2D eigenvalue weighted by atomic mass is 32.1. The van der Waals surface area contributed by atoms with Gasteiger partial charge in [-0.3, -0.25) is 4.90 Å². The van der Waals surface area contributed by atoms with Crippen molar-refractivity contribution in [3.63, 3.8) is 0 Å². The van der Waals surface area contributed by atoms with Gasteiger partial charge in [0.05, 0.1) is 36.6 Å². The molecule has 0 unspecified atom stereocenters. The van der Waals surface area contributed by atoms with E-state index in [4.69, 9.17) is 4.74 Å². The summed E-state index contributed by atoms with van der Waals surface area (Å²) in [6.07, 6.45) is -2.36. The molecule has 3 N–H and O–H groups in total. The SMILES string of the molecule is C=C1CO[C@@H](Cn2c(C#N)cc3cc(CN4CCC(Nc5ncnc6sc(CC(F)(F)F)cc56)CC4)c(O)cc32)CN1. The number of phenolic OH excluding ortho intramolecular Hbond substituents is 1. The monoisotopic (exact) mass is 597 g/mol. The Bertz CT molecular complexity index is 1660. The average Bonchev–Trinajstić information content (AvgIpc) is 3.51. The number of nitrogens with zero attached hydrogens (tertiary/aromatic N) is 5. The van der Waals surface area contributed by atoms with E-state index in [9.17, 15) is 23.5 Å². The summed E-state index contributed by atoms with van der Waals surface area (Å²) < 4.78 is 46.4. The number of anilines is 1. The Hall–Kier alpha value is -3.86. The highest BCUT2D eigenvalue weighted by Gasteiger charge is 2.29. The molecule has 0 radical (unpaired) electrons. The molecule has 13 heteroatoms. The molecule has 2 aliphatic rings. The number of hydrogen-bond acceptors (Lipinski definition) is 9. The predicted octanol–water partition coefficient (Wildman–Crippen LogP) is 4.91. The number of likely N-dealkylation sites (tertiary alicyclic amines) is 1. The molecule has 1 atom stereocenters. The molecule has 9 nitrogen and oxygen atoms in total. The number of aromatic hydroxyl groups is 1. The van der Waals surface area contributed by atoms with Crippen LogP contribution in [0.1, 0.15) is 29.0 Å². The van der Waals surface area contributed by atoms with Gasteiger partial charge in [0.25, 0.3) is 0 Å². The number of morpholine rings is 1. The highest BCUT2D eigenvalue weighted by molar-refractivity contribution is 7.18. The quantitative estimate of drug-likeness (QED) is 0.276. The molecule has 2 aliphatic heterocycles. The van der Waals surface area contributed by atoms with Gasteiger partial charge in [-0.1, -0.05) is 6.58 Å². The van der Waals surface area contributed by atoms with Crippen molar-refractivity contribution in [3.05, 3.63) is 59.0 Å². The average molecular weight is 598 g/mol. The van der Waals surface area contributed by atoms with Crippen LogP contribution in [0.5, 0.6) is 5.75 Å². The molecule has 0 bridgehead atoms. The Morgan fingerprint density at radius 1 is 1.21 bits per heavy atom. The first-order chi connectivity index (χ1) is 20.1. The molecule has 5 heterocycles. The Kier molecular flexibility index (Phi) is 7.69. The van der Waals surface area contributed by atoms with Crippen LogP contribution in [0.15, 0.2) is 42.9 Å². The number of alkyl halides is 3. The minimum absolute atomic E-state index is 0.113. The lowest BCUT2D eigenvalue weighted by Crippen LogP contribution is -2.39. The molecule has 0 spiro atoms. The van der Waals surface area contributed by atoms with Crippen LogP contribution in [0.2, 0.25) is 0 Å². The predicted molar refractivity (Wildman–Crippen MR) is 154 cm³/mol. The molecular weight excluding hydrogens is 567 g/mol. The smallest absolute Gasteiger partial charge is 0.393 e. The fourth-order valence-corrected chi connectivity index (χ4v) is 6.67. The highest BCUT2D eigenvalue weighted by Crippen LogP contribution is 2.34. The van der Waals surface area contributed by atoms with Crippen LogP contribution >= 0.6 is 11.3 Å². The Morgan fingerprint density at radius 2 is 2.02 bits per heavy atom. The second kappa shape index (κ2) is 11.4. The summed E-state index contributed by atoms with van der Waals surface area (Å²) in [6, 6.07) is 9.42. The van der Waals surface area contributed by atoms with Gasteiger partial charge in [0.1, 0.15) is 34.5 Å². The van der Waals surface area contributed by atoms with Gasteiger partial charge < -0.3 is 25.0 Å². The van der Waals surface area contributed by atoms with E-state index in [1.54, 1.807) is 6.07 Å². The molecule has 3 aromatic heterocycles. The fourth-order valence-electron chi connectivity index (χ4n) is 5.64. The number of fused-ring (bicyclic) bond motifs is 2. The number of halogens is 3. The molecule has 2 fully saturated rings. The summed E-state index contributed by atoms with van der Waals surface area (Å²) in [4.78, 5) is 11.5. The standard InChI is InChI=1S/C29H30F3N7O2S/c1-17-15-41-22(12-34-17)14-39-21(11-33)7-18-6-19(26(40)9-25(18)39)13-38-4-2-20(3-5-38)37-27-24-8-23(10-29(30,31)32)42-28(24)36-16-35-27/h6-9,16,20,22,34,40H,1-5,10,12-15H2,(H,35,36,37)/t22-/m1/s1. The van der Waals surface area contributed by atoms with Crippen LogP contribution in [0.3, 0.4) is 0 Å². The topological polar surface area (TPSA) is 111 Å². The van der Waals surface area contributed by atoms with Crippen LogP contribution in [0, 0.1) is 11.3 Å². The summed E-state index contributed by atoms with van der Waals surface area (Å²) in [5.41, 5.74) is 2.91. The van der Waals surface area contributed by atoms with Crippen molar-refractivity contribution in [2.24, 2.45) is 0 Å². The first kappa shape index (κ1) is 28.3. The first-order valence-corrected chi connectivity index (χ1v) is 14.5. The van der Waals surface area contributed by atoms with Crippen molar-refractivity contribution in [1.82, 2.24) is 24.8 Å². The minimum Gasteiger partial charge on any atom is -0.508 e. The van der Waals surface area contributed by atoms with E-state index in [0.717, 1.165) is 59.4 Å². The minimum atomic E-state index is -4.27. The van der Waals surface area contributed by atoms with E-state index in [2.05, 4.69) is 38.1 Å². The third-order valence-corrected chi connectivity index (χ3v) is 8.80. The number of nitriles is 1. The van der Waals surface area contributed by atoms with Crippen molar-refractivity contribution in [2.75, 3.05) is 31.6 Å². The lowest BCUT2D eigenvalue weighted by Gasteiger charge is -2.32. The number of phenols is 1. The van der Waals surface area contributed by atoms with E-state index in [0.29, 0.717) is 48.0 Å². The lowest BCUT2D eigenvalue weighted by molar-refractivity contribution is -0.126. The van der Waals surface area contributed by atoms with Crippen LogP contribution in [-0.4, -0.2) is 69.1 Å². The van der Waals surface area contributed by atoms with Crippen LogP contribution in [-0.2, 0) is 24.2 Å². The summed E-state index contributed by atoms with van der Waals surface area (Å²) >= 11 is 1.04. The van der Waals surface area contributed by atoms with Crippen molar-refractivity contribution in [3.8, 4) is 11.8 Å². The van der Waals surface area contributed by atoms with Gasteiger partial charge in [0, 0.05) is 59.8 Å². The number of piperidine rings is 1. The summed E-state index contributed by atoms with van der Waals surface area (Å²) in [5.74, 6) is 0.738. The van der Waals surface area contributed by atoms with Crippen molar-refractivity contribution >= 4 is 38.3 Å². The summed E-state index contributed by atoms with van der Waals surface area (Å²) in [5, 5.41) is 28.8. The molecule has 2 saturated heterocycles. The Balaban J connectivity index is 1.10. The van der Waals surface area contributed by atoms with Crippen molar-refractivity contribution in [2.45, 2.75) is 50.7 Å². The Morgan fingerprint density at radius 3 is 2.74 bits per heavy atom. The first-order valence-electron chi connectivity index (χ1n) is 13.7. The normalized spacial score (nSPS) is 18.8. The molecule has 0 saturated carbocycles. The van der Waals surface area contributed by atoms with E-state index >= 15 is 0 Å². The van der Waals surface area contributed by atoms with Crippen molar-refractivity contribution in [1.29, 1.82) is 5.26 Å².